The minimum atomic E-state index is -0.408. The largest absolute Gasteiger partial charge is 0.423 e. The van der Waals surface area contributed by atoms with Crippen LogP contribution in [0.25, 0.3) is 0 Å². The average molecular weight is 330 g/mol. The van der Waals surface area contributed by atoms with Crippen molar-refractivity contribution in [3.63, 3.8) is 0 Å². The Morgan fingerprint density at radius 2 is 1.54 bits per heavy atom. The Balaban J connectivity index is 2.50. The Labute approximate surface area is 146 Å². The molecule has 0 spiro atoms. The molecule has 1 aromatic carbocycles. The number of rotatable bonds is 12. The van der Waals surface area contributed by atoms with Gasteiger partial charge >= 0.3 is 5.97 Å². The van der Waals surface area contributed by atoms with Crippen LogP contribution in [-0.4, -0.2) is 11.8 Å². The molecule has 0 aliphatic rings. The molecule has 132 valence electrons. The third kappa shape index (κ3) is 8.66. The van der Waals surface area contributed by atoms with Crippen molar-refractivity contribution in [2.45, 2.75) is 71.6 Å². The lowest BCUT2D eigenvalue weighted by molar-refractivity contribution is -0.130. The summed E-state index contributed by atoms with van der Waals surface area (Å²) in [5.41, 5.74) is 0.485. The van der Waals surface area contributed by atoms with Gasteiger partial charge in [0.15, 0.2) is 5.78 Å². The molecule has 0 heterocycles. The zero-order valence-electron chi connectivity index (χ0n) is 15.1. The van der Waals surface area contributed by atoms with E-state index >= 15 is 0 Å². The number of benzene rings is 1. The first-order valence-corrected chi connectivity index (χ1v) is 9.18. The summed E-state index contributed by atoms with van der Waals surface area (Å²) in [6.45, 7) is 4.01. The number of para-hydroxylation sites is 1. The highest BCUT2D eigenvalue weighted by Gasteiger charge is 2.13. The topological polar surface area (TPSA) is 43.4 Å². The third-order valence-corrected chi connectivity index (χ3v) is 3.95. The summed E-state index contributed by atoms with van der Waals surface area (Å²) >= 11 is 0. The van der Waals surface area contributed by atoms with Gasteiger partial charge in [0, 0.05) is 12.0 Å². The van der Waals surface area contributed by atoms with Crippen LogP contribution in [0.1, 0.15) is 71.6 Å². The molecule has 1 rings (SSSR count). The van der Waals surface area contributed by atoms with Crippen molar-refractivity contribution in [3.8, 4) is 5.75 Å². The highest BCUT2D eigenvalue weighted by molar-refractivity contribution is 5.99. The van der Waals surface area contributed by atoms with E-state index in [-0.39, 0.29) is 5.78 Å². The van der Waals surface area contributed by atoms with E-state index < -0.39 is 5.97 Å². The summed E-state index contributed by atoms with van der Waals surface area (Å²) in [6.07, 6.45) is 10.7. The lowest BCUT2D eigenvalue weighted by Crippen LogP contribution is -2.13. The van der Waals surface area contributed by atoms with Crippen LogP contribution in [0.4, 0.5) is 0 Å². The van der Waals surface area contributed by atoms with Crippen molar-refractivity contribution in [2.24, 2.45) is 0 Å². The predicted octanol–water partition coefficient (Wildman–Crippen LogP) is 5.64. The molecule has 0 unspecified atom stereocenters. The second-order valence-electron chi connectivity index (χ2n) is 6.06. The van der Waals surface area contributed by atoms with Gasteiger partial charge in [0.1, 0.15) is 5.75 Å². The molecule has 0 amide bonds. The summed E-state index contributed by atoms with van der Waals surface area (Å²) in [5.74, 6) is 0.0730. The Morgan fingerprint density at radius 3 is 2.17 bits per heavy atom. The van der Waals surface area contributed by atoms with Crippen molar-refractivity contribution in [2.75, 3.05) is 0 Å². The molecule has 3 heteroatoms. The van der Waals surface area contributed by atoms with Gasteiger partial charge < -0.3 is 4.74 Å². The van der Waals surface area contributed by atoms with Crippen LogP contribution in [0.15, 0.2) is 42.0 Å². The number of carbonyl (C=O) groups is 2. The van der Waals surface area contributed by atoms with Gasteiger partial charge in [-0.25, -0.2) is 4.79 Å². The fourth-order valence-corrected chi connectivity index (χ4v) is 2.46. The minimum Gasteiger partial charge on any atom is -0.423 e. The molecule has 24 heavy (non-hydrogen) atoms. The molecular formula is C21H30O3. The molecule has 1 aromatic rings. The van der Waals surface area contributed by atoms with Gasteiger partial charge in [-0.05, 0) is 31.1 Å². The SMILES string of the molecule is CCCCCCCCCC(=CC(=O)CC)C(=O)Oc1ccccc1. The van der Waals surface area contributed by atoms with E-state index in [0.717, 1.165) is 12.8 Å². The Morgan fingerprint density at radius 1 is 0.917 bits per heavy atom. The lowest BCUT2D eigenvalue weighted by atomic mass is 10.0. The lowest BCUT2D eigenvalue weighted by Gasteiger charge is -2.08. The molecule has 0 N–H and O–H groups in total. The number of hydrogen-bond donors (Lipinski definition) is 0. The van der Waals surface area contributed by atoms with Crippen LogP contribution in [0.3, 0.4) is 0 Å². The summed E-state index contributed by atoms with van der Waals surface area (Å²) in [4.78, 5) is 24.0. The summed E-state index contributed by atoms with van der Waals surface area (Å²) in [7, 11) is 0. The van der Waals surface area contributed by atoms with Crippen LogP contribution < -0.4 is 4.74 Å². The zero-order valence-corrected chi connectivity index (χ0v) is 15.1. The summed E-state index contributed by atoms with van der Waals surface area (Å²) in [6, 6.07) is 8.99. The molecule has 0 fully saturated rings. The molecule has 0 aliphatic heterocycles. The van der Waals surface area contributed by atoms with E-state index in [1.165, 1.54) is 38.2 Å². The highest BCUT2D eigenvalue weighted by atomic mass is 16.5. The molecule has 0 saturated carbocycles. The van der Waals surface area contributed by atoms with Gasteiger partial charge in [0.2, 0.25) is 0 Å². The Bertz CT molecular complexity index is 517. The molecule has 0 radical (unpaired) electrons. The number of esters is 1. The van der Waals surface area contributed by atoms with Gasteiger partial charge in [-0.1, -0.05) is 70.6 Å². The van der Waals surface area contributed by atoms with E-state index in [9.17, 15) is 9.59 Å². The van der Waals surface area contributed by atoms with Crippen molar-refractivity contribution in [3.05, 3.63) is 42.0 Å². The summed E-state index contributed by atoms with van der Waals surface area (Å²) < 4.78 is 5.37. The third-order valence-electron chi connectivity index (χ3n) is 3.95. The molecule has 3 nitrogen and oxygen atoms in total. The van der Waals surface area contributed by atoms with E-state index in [0.29, 0.717) is 24.2 Å². The van der Waals surface area contributed by atoms with Crippen molar-refractivity contribution >= 4 is 11.8 Å². The number of hydrogen-bond acceptors (Lipinski definition) is 3. The fraction of sp³-hybridized carbons (Fsp3) is 0.524. The van der Waals surface area contributed by atoms with Crippen molar-refractivity contribution in [1.82, 2.24) is 0 Å². The second-order valence-corrected chi connectivity index (χ2v) is 6.06. The standard InChI is InChI=1S/C21H30O3/c1-3-5-6-7-8-9-11-14-18(17-19(22)4-2)21(23)24-20-15-12-10-13-16-20/h10,12-13,15-17H,3-9,11,14H2,1-2H3. The van der Waals surface area contributed by atoms with E-state index in [4.69, 9.17) is 4.74 Å². The molecule has 0 aliphatic carbocycles. The first kappa shape index (κ1) is 20.1. The number of ether oxygens (including phenoxy) is 1. The fourth-order valence-electron chi connectivity index (χ4n) is 2.46. The Kier molecular flexibility index (Phi) is 10.5. The number of carbonyl (C=O) groups excluding carboxylic acids is 2. The van der Waals surface area contributed by atoms with Gasteiger partial charge in [-0.15, -0.1) is 0 Å². The van der Waals surface area contributed by atoms with Crippen LogP contribution in [-0.2, 0) is 9.59 Å². The van der Waals surface area contributed by atoms with Gasteiger partial charge in [0.05, 0.1) is 0 Å². The quantitative estimate of drug-likeness (QED) is 0.216. The average Bonchev–Trinajstić information content (AvgIpc) is 2.60. The number of ketones is 1. The molecule has 0 aromatic heterocycles. The van der Waals surface area contributed by atoms with E-state index in [2.05, 4.69) is 6.92 Å². The first-order valence-electron chi connectivity index (χ1n) is 9.18. The molecule has 0 saturated heterocycles. The maximum Gasteiger partial charge on any atom is 0.339 e. The second kappa shape index (κ2) is 12.5. The predicted molar refractivity (Wildman–Crippen MR) is 98.1 cm³/mol. The van der Waals surface area contributed by atoms with Crippen molar-refractivity contribution < 1.29 is 14.3 Å². The molecule has 0 atom stereocenters. The molecular weight excluding hydrogens is 300 g/mol. The molecule has 0 bridgehead atoms. The number of allylic oxidation sites excluding steroid dienone is 1. The van der Waals surface area contributed by atoms with Crippen LogP contribution >= 0.6 is 0 Å². The minimum absolute atomic E-state index is 0.0297. The van der Waals surface area contributed by atoms with Crippen molar-refractivity contribution in [1.29, 1.82) is 0 Å². The van der Waals surface area contributed by atoms with Crippen LogP contribution in [0.2, 0.25) is 0 Å². The Hall–Kier alpha value is -1.90. The van der Waals surface area contributed by atoms with Gasteiger partial charge in [0.25, 0.3) is 0 Å². The maximum absolute atomic E-state index is 12.3. The van der Waals surface area contributed by atoms with Crippen LogP contribution in [0, 0.1) is 0 Å². The number of unbranched alkanes of at least 4 members (excludes halogenated alkanes) is 6. The summed E-state index contributed by atoms with van der Waals surface area (Å²) in [5, 5.41) is 0. The van der Waals surface area contributed by atoms with Gasteiger partial charge in [-0.3, -0.25) is 4.79 Å². The monoisotopic (exact) mass is 330 g/mol. The first-order chi connectivity index (χ1) is 11.7. The van der Waals surface area contributed by atoms with E-state index in [1.54, 1.807) is 19.1 Å². The van der Waals surface area contributed by atoms with Crippen LogP contribution in [0.5, 0.6) is 5.75 Å². The smallest absolute Gasteiger partial charge is 0.339 e. The maximum atomic E-state index is 12.3. The normalized spacial score (nSPS) is 11.3. The highest BCUT2D eigenvalue weighted by Crippen LogP contribution is 2.17. The van der Waals surface area contributed by atoms with Gasteiger partial charge in [-0.2, -0.15) is 0 Å². The van der Waals surface area contributed by atoms with E-state index in [1.807, 2.05) is 18.2 Å². The zero-order chi connectivity index (χ0) is 17.6.